The molecule has 4 nitrogen and oxygen atoms in total. The van der Waals surface area contributed by atoms with Crippen LogP contribution in [0.3, 0.4) is 0 Å². The van der Waals surface area contributed by atoms with Gasteiger partial charge in [0.15, 0.2) is 0 Å². The molecular weight excluding hydrogens is 470 g/mol. The van der Waals surface area contributed by atoms with Crippen molar-refractivity contribution in [2.75, 3.05) is 0 Å². The van der Waals surface area contributed by atoms with Crippen LogP contribution in [0.2, 0.25) is 0 Å². The molecule has 0 spiro atoms. The van der Waals surface area contributed by atoms with Crippen molar-refractivity contribution >= 4 is 51.1 Å². The fourth-order valence-electron chi connectivity index (χ4n) is 2.22. The van der Waals surface area contributed by atoms with Gasteiger partial charge in [-0.25, -0.2) is 0 Å². The van der Waals surface area contributed by atoms with E-state index in [2.05, 4.69) is 70.4 Å². The van der Waals surface area contributed by atoms with Crippen molar-refractivity contribution in [1.29, 1.82) is 0 Å². The molecule has 3 N–H and O–H groups in total. The zero-order valence-electron chi connectivity index (χ0n) is 11.5. The topological polar surface area (TPSA) is 64.3 Å². The van der Waals surface area contributed by atoms with Gasteiger partial charge in [0.25, 0.3) is 0 Å². The number of nitrogens with one attached hydrogen (secondary N) is 1. The molecule has 0 bridgehead atoms. The molecule has 0 saturated heterocycles. The number of carbonyl (C=O) groups is 1. The number of hydrogen-bond acceptors (Lipinski definition) is 3. The van der Waals surface area contributed by atoms with Crippen molar-refractivity contribution in [2.24, 2.45) is 5.73 Å². The van der Waals surface area contributed by atoms with Gasteiger partial charge in [-0.3, -0.25) is 4.79 Å². The van der Waals surface area contributed by atoms with Gasteiger partial charge in [0.1, 0.15) is 0 Å². The summed E-state index contributed by atoms with van der Waals surface area (Å²) < 4.78 is 7.80. The maximum Gasteiger partial charge on any atom is 0.217 e. The molecule has 0 aromatic rings. The maximum atomic E-state index is 11.3. The van der Waals surface area contributed by atoms with E-state index in [4.69, 9.17) is 10.5 Å². The summed E-state index contributed by atoms with van der Waals surface area (Å²) >= 11 is 4.67. The molecule has 1 amide bonds. The lowest BCUT2D eigenvalue weighted by molar-refractivity contribution is -0.121. The predicted octanol–water partition coefficient (Wildman–Crippen LogP) is 2.53. The minimum Gasteiger partial charge on any atom is -0.368 e. The second-order valence-corrected chi connectivity index (χ2v) is 8.28. The van der Waals surface area contributed by atoms with Crippen LogP contribution in [0.5, 0.6) is 0 Å². The number of halogens is 2. The highest BCUT2D eigenvalue weighted by Gasteiger charge is 2.33. The molecule has 1 rings (SSSR count). The largest absolute Gasteiger partial charge is 0.368 e. The number of rotatable bonds is 5. The molecule has 0 aromatic carbocycles. The minimum absolute atomic E-state index is 0.0603. The van der Waals surface area contributed by atoms with E-state index in [-0.39, 0.29) is 30.2 Å². The average Bonchev–Trinajstić information content (AvgIpc) is 2.29. The lowest BCUT2D eigenvalue weighted by Crippen LogP contribution is -2.56. The predicted molar refractivity (Wildman–Crippen MR) is 94.7 cm³/mol. The smallest absolute Gasteiger partial charge is 0.217 e. The Balaban J connectivity index is 2.84. The van der Waals surface area contributed by atoms with E-state index in [1.54, 1.807) is 0 Å². The number of nitrogens with two attached hydrogens (primary N) is 1. The molecule has 19 heavy (non-hydrogen) atoms. The zero-order valence-corrected chi connectivity index (χ0v) is 15.8. The molecule has 1 aliphatic carbocycles. The molecule has 0 radical (unpaired) electrons. The van der Waals surface area contributed by atoms with Crippen LogP contribution in [0.1, 0.15) is 33.6 Å². The van der Waals surface area contributed by atoms with Crippen LogP contribution in [0.4, 0.5) is 0 Å². The lowest BCUT2D eigenvalue weighted by Gasteiger charge is -2.36. The first-order valence-electron chi connectivity index (χ1n) is 6.53. The van der Waals surface area contributed by atoms with Crippen LogP contribution in [-0.4, -0.2) is 34.1 Å². The monoisotopic (exact) mass is 492 g/mol. The first-order valence-corrected chi connectivity index (χ1v) is 8.86. The summed E-state index contributed by atoms with van der Waals surface area (Å²) in [6, 6.07) is -0.229. The molecule has 0 heterocycles. The first kappa shape index (κ1) is 17.6. The van der Waals surface area contributed by atoms with E-state index in [0.717, 1.165) is 12.8 Å². The van der Waals surface area contributed by atoms with Crippen molar-refractivity contribution in [2.45, 2.75) is 61.8 Å². The maximum absolute atomic E-state index is 11.3. The molecule has 5 atom stereocenters. The van der Waals surface area contributed by atoms with Gasteiger partial charge in [-0.15, -0.1) is 0 Å². The summed E-state index contributed by atoms with van der Waals surface area (Å²) in [6.07, 6.45) is 3.87. The summed E-state index contributed by atoms with van der Waals surface area (Å²) in [7, 11) is 0. The Labute approximate surface area is 142 Å². The van der Waals surface area contributed by atoms with E-state index in [0.29, 0.717) is 3.92 Å². The van der Waals surface area contributed by atoms with Crippen LogP contribution < -0.4 is 11.1 Å². The third-order valence-electron chi connectivity index (χ3n) is 3.21. The molecular formula is C13H22I2N2O2. The highest BCUT2D eigenvalue weighted by atomic mass is 127. The van der Waals surface area contributed by atoms with Gasteiger partial charge >= 0.3 is 0 Å². The van der Waals surface area contributed by atoms with E-state index in [1.165, 1.54) is 10.5 Å². The number of ether oxygens (including phenoxy) is 1. The Kier molecular flexibility index (Phi) is 7.55. The Morgan fingerprint density at radius 3 is 2.79 bits per heavy atom. The van der Waals surface area contributed by atoms with Gasteiger partial charge in [0.05, 0.1) is 18.2 Å². The average molecular weight is 492 g/mol. The third kappa shape index (κ3) is 5.47. The van der Waals surface area contributed by atoms with Gasteiger partial charge < -0.3 is 15.8 Å². The Hall–Kier alpha value is 0.590. The van der Waals surface area contributed by atoms with E-state index >= 15 is 0 Å². The molecule has 0 aromatic heterocycles. The standard InChI is InChI=1S/C13H22I2N2O2/c1-4-11(7(2)14)19-12-6-9(15)5-10(16)13(12)17-8(3)18/h6-7,10-13H,4-5,16H2,1-3H3,(H,17,18)/t7?,10-,11?,12+,13+/m0/s1. The molecule has 6 heteroatoms. The van der Waals surface area contributed by atoms with Crippen LogP contribution >= 0.6 is 45.2 Å². The van der Waals surface area contributed by atoms with Gasteiger partial charge in [0.2, 0.25) is 5.91 Å². The lowest BCUT2D eigenvalue weighted by atomic mass is 9.93. The molecule has 0 aliphatic heterocycles. The Morgan fingerprint density at radius 2 is 2.32 bits per heavy atom. The van der Waals surface area contributed by atoms with Crippen molar-refractivity contribution in [3.05, 3.63) is 9.66 Å². The Bertz CT molecular complexity index is 348. The van der Waals surface area contributed by atoms with Crippen LogP contribution in [0.15, 0.2) is 9.66 Å². The number of carbonyl (C=O) groups excluding carboxylic acids is 1. The van der Waals surface area contributed by atoms with Gasteiger partial charge in [-0.1, -0.05) is 36.4 Å². The second-order valence-electron chi connectivity index (χ2n) is 4.93. The van der Waals surface area contributed by atoms with Gasteiger partial charge in [-0.2, -0.15) is 0 Å². The fourth-order valence-corrected chi connectivity index (χ4v) is 3.77. The van der Waals surface area contributed by atoms with Crippen LogP contribution in [-0.2, 0) is 9.53 Å². The van der Waals surface area contributed by atoms with Crippen LogP contribution in [0.25, 0.3) is 0 Å². The second kappa shape index (κ2) is 8.14. The van der Waals surface area contributed by atoms with Crippen molar-refractivity contribution in [3.63, 3.8) is 0 Å². The SMILES string of the molecule is CCC(O[C@@H]1C=C(I)C[C@H](N)[C@H]1NC(C)=O)C(C)I. The fraction of sp³-hybridized carbons (Fsp3) is 0.769. The van der Waals surface area contributed by atoms with Crippen molar-refractivity contribution < 1.29 is 9.53 Å². The zero-order chi connectivity index (χ0) is 14.6. The molecule has 0 fully saturated rings. The molecule has 2 unspecified atom stereocenters. The highest BCUT2D eigenvalue weighted by molar-refractivity contribution is 14.1. The summed E-state index contributed by atoms with van der Waals surface area (Å²) in [4.78, 5) is 11.3. The summed E-state index contributed by atoms with van der Waals surface area (Å²) in [5.74, 6) is -0.0603. The van der Waals surface area contributed by atoms with Gasteiger partial charge in [-0.05, 0) is 45.1 Å². The first-order chi connectivity index (χ1) is 8.85. The van der Waals surface area contributed by atoms with E-state index in [9.17, 15) is 4.79 Å². The number of hydrogen-bond donors (Lipinski definition) is 2. The summed E-state index contributed by atoms with van der Waals surface area (Å²) in [5, 5.41) is 2.93. The number of amides is 1. The molecule has 110 valence electrons. The molecule has 0 saturated carbocycles. The van der Waals surface area contributed by atoms with Crippen molar-refractivity contribution in [3.8, 4) is 0 Å². The van der Waals surface area contributed by atoms with Crippen LogP contribution in [0, 0.1) is 0 Å². The Morgan fingerprint density at radius 1 is 1.68 bits per heavy atom. The third-order valence-corrected chi connectivity index (χ3v) is 4.81. The van der Waals surface area contributed by atoms with Crippen molar-refractivity contribution in [1.82, 2.24) is 5.32 Å². The highest BCUT2D eigenvalue weighted by Crippen LogP contribution is 2.27. The number of alkyl halides is 1. The summed E-state index contributed by atoms with van der Waals surface area (Å²) in [6.45, 7) is 5.77. The minimum atomic E-state index is -0.139. The van der Waals surface area contributed by atoms with E-state index < -0.39 is 0 Å². The molecule has 1 aliphatic rings. The quantitative estimate of drug-likeness (QED) is 0.459. The summed E-state index contributed by atoms with van der Waals surface area (Å²) in [5.41, 5.74) is 6.16. The normalized spacial score (nSPS) is 30.4. The van der Waals surface area contributed by atoms with E-state index in [1.807, 2.05) is 0 Å². The van der Waals surface area contributed by atoms with Gasteiger partial charge in [0, 0.05) is 16.9 Å².